The third-order valence-electron chi connectivity index (χ3n) is 4.96. The smallest absolute Gasteiger partial charge is 0.410 e. The van der Waals surface area contributed by atoms with Crippen LogP contribution in [0.5, 0.6) is 0 Å². The molecule has 25 heavy (non-hydrogen) atoms. The molecule has 0 saturated heterocycles. The van der Waals surface area contributed by atoms with E-state index in [-0.39, 0.29) is 37.4 Å². The average molecular weight is 346 g/mol. The highest BCUT2D eigenvalue weighted by Crippen LogP contribution is 2.34. The van der Waals surface area contributed by atoms with Crippen molar-refractivity contribution in [3.05, 3.63) is 35.9 Å². The summed E-state index contributed by atoms with van der Waals surface area (Å²) in [6, 6.07) is 9.94. The average Bonchev–Trinajstić information content (AvgIpc) is 3.45. The fraction of sp³-hybridized carbons (Fsp3) is 0.579. The molecule has 0 heterocycles. The summed E-state index contributed by atoms with van der Waals surface area (Å²) in [5.74, 6) is -0.867. The van der Waals surface area contributed by atoms with E-state index in [9.17, 15) is 9.59 Å². The Morgan fingerprint density at radius 1 is 1.12 bits per heavy atom. The van der Waals surface area contributed by atoms with Crippen LogP contribution in [0.15, 0.2) is 30.3 Å². The minimum Gasteiger partial charge on any atom is -0.480 e. The quantitative estimate of drug-likeness (QED) is 0.794. The topological polar surface area (TPSA) is 78.9 Å². The Balaban J connectivity index is 1.64. The van der Waals surface area contributed by atoms with E-state index in [4.69, 9.17) is 9.84 Å². The van der Waals surface area contributed by atoms with Crippen LogP contribution in [-0.2, 0) is 16.1 Å². The molecule has 0 spiro atoms. The Morgan fingerprint density at radius 3 is 2.52 bits per heavy atom. The van der Waals surface area contributed by atoms with Gasteiger partial charge in [-0.2, -0.15) is 0 Å². The first-order valence-electron chi connectivity index (χ1n) is 9.09. The molecule has 0 bridgehead atoms. The standard InChI is InChI=1S/C19H26N2O4/c22-18(23)12-20-16-8-4-5-9-17(16)21(15-10-11-15)19(24)25-13-14-6-2-1-3-7-14/h1-3,6-7,15-17,20H,4-5,8-13H2,(H,22,23). The van der Waals surface area contributed by atoms with Crippen molar-refractivity contribution >= 4 is 12.1 Å². The zero-order valence-electron chi connectivity index (χ0n) is 14.4. The third-order valence-corrected chi connectivity index (χ3v) is 4.96. The molecule has 1 amide bonds. The second-order valence-electron chi connectivity index (χ2n) is 6.91. The summed E-state index contributed by atoms with van der Waals surface area (Å²) in [6.45, 7) is 0.196. The van der Waals surface area contributed by atoms with E-state index in [0.29, 0.717) is 0 Å². The van der Waals surface area contributed by atoms with E-state index in [2.05, 4.69) is 5.32 Å². The Labute approximate surface area is 148 Å². The van der Waals surface area contributed by atoms with Crippen LogP contribution in [0.1, 0.15) is 44.1 Å². The predicted molar refractivity (Wildman–Crippen MR) is 93.2 cm³/mol. The van der Waals surface area contributed by atoms with E-state index in [1.165, 1.54) is 0 Å². The summed E-state index contributed by atoms with van der Waals surface area (Å²) in [5, 5.41) is 12.1. The number of amides is 1. The molecular weight excluding hydrogens is 320 g/mol. The van der Waals surface area contributed by atoms with Crippen molar-refractivity contribution in [3.63, 3.8) is 0 Å². The van der Waals surface area contributed by atoms with Gasteiger partial charge in [0, 0.05) is 12.1 Å². The molecule has 2 fully saturated rings. The summed E-state index contributed by atoms with van der Waals surface area (Å²) in [6.07, 6.45) is 5.64. The molecule has 6 heteroatoms. The van der Waals surface area contributed by atoms with Crippen LogP contribution in [-0.4, -0.2) is 46.7 Å². The van der Waals surface area contributed by atoms with Crippen LogP contribution in [0.25, 0.3) is 0 Å². The Hall–Kier alpha value is -2.08. The summed E-state index contributed by atoms with van der Waals surface area (Å²) < 4.78 is 5.56. The fourth-order valence-corrected chi connectivity index (χ4v) is 3.60. The lowest BCUT2D eigenvalue weighted by molar-refractivity contribution is -0.136. The van der Waals surface area contributed by atoms with E-state index in [1.54, 1.807) is 0 Å². The highest BCUT2D eigenvalue weighted by Gasteiger charge is 2.42. The molecule has 136 valence electrons. The molecule has 2 unspecified atom stereocenters. The highest BCUT2D eigenvalue weighted by atomic mass is 16.6. The number of ether oxygens (including phenoxy) is 1. The lowest BCUT2D eigenvalue weighted by Gasteiger charge is -2.39. The van der Waals surface area contributed by atoms with Gasteiger partial charge in [-0.25, -0.2) is 4.79 Å². The first kappa shape index (κ1) is 17.7. The molecule has 1 aromatic carbocycles. The van der Waals surface area contributed by atoms with Gasteiger partial charge in [0.25, 0.3) is 0 Å². The first-order chi connectivity index (χ1) is 12.1. The molecule has 6 nitrogen and oxygen atoms in total. The lowest BCUT2D eigenvalue weighted by atomic mass is 9.89. The van der Waals surface area contributed by atoms with Crippen molar-refractivity contribution in [2.24, 2.45) is 0 Å². The number of benzene rings is 1. The van der Waals surface area contributed by atoms with E-state index in [1.807, 2.05) is 35.2 Å². The van der Waals surface area contributed by atoms with Crippen molar-refractivity contribution in [2.45, 2.75) is 63.3 Å². The van der Waals surface area contributed by atoms with Crippen molar-refractivity contribution in [2.75, 3.05) is 6.54 Å². The van der Waals surface area contributed by atoms with Crippen LogP contribution >= 0.6 is 0 Å². The minimum atomic E-state index is -0.867. The molecule has 2 saturated carbocycles. The van der Waals surface area contributed by atoms with Gasteiger partial charge >= 0.3 is 12.1 Å². The summed E-state index contributed by atoms with van der Waals surface area (Å²) in [5.41, 5.74) is 0.968. The normalized spacial score (nSPS) is 23.0. The maximum Gasteiger partial charge on any atom is 0.410 e. The van der Waals surface area contributed by atoms with Gasteiger partial charge in [0.05, 0.1) is 12.6 Å². The number of nitrogens with one attached hydrogen (secondary N) is 1. The molecule has 0 aromatic heterocycles. The van der Waals surface area contributed by atoms with Crippen molar-refractivity contribution in [1.82, 2.24) is 10.2 Å². The van der Waals surface area contributed by atoms with Gasteiger partial charge in [-0.3, -0.25) is 4.79 Å². The van der Waals surface area contributed by atoms with Gasteiger partial charge in [0.2, 0.25) is 0 Å². The second kappa shape index (κ2) is 8.34. The number of hydrogen-bond acceptors (Lipinski definition) is 4. The third kappa shape index (κ3) is 4.95. The largest absolute Gasteiger partial charge is 0.480 e. The molecule has 0 aliphatic heterocycles. The first-order valence-corrected chi connectivity index (χ1v) is 9.09. The Bertz CT molecular complexity index is 588. The van der Waals surface area contributed by atoms with E-state index < -0.39 is 5.97 Å². The summed E-state index contributed by atoms with van der Waals surface area (Å²) >= 11 is 0. The number of carboxylic acids is 1. The molecule has 0 radical (unpaired) electrons. The van der Waals surface area contributed by atoms with Crippen LogP contribution in [0.4, 0.5) is 4.79 Å². The molecule has 2 aliphatic rings. The van der Waals surface area contributed by atoms with Crippen molar-refractivity contribution < 1.29 is 19.4 Å². The number of carboxylic acid groups (broad SMARTS) is 1. The maximum absolute atomic E-state index is 12.7. The van der Waals surface area contributed by atoms with Gasteiger partial charge in [-0.15, -0.1) is 0 Å². The fourth-order valence-electron chi connectivity index (χ4n) is 3.60. The van der Waals surface area contributed by atoms with Crippen LogP contribution in [0, 0.1) is 0 Å². The van der Waals surface area contributed by atoms with E-state index >= 15 is 0 Å². The van der Waals surface area contributed by atoms with Gasteiger partial charge < -0.3 is 20.1 Å². The monoisotopic (exact) mass is 346 g/mol. The molecular formula is C19H26N2O4. The zero-order valence-corrected chi connectivity index (χ0v) is 14.4. The van der Waals surface area contributed by atoms with Crippen molar-refractivity contribution in [3.8, 4) is 0 Å². The Kier molecular flexibility index (Phi) is 5.91. The summed E-state index contributed by atoms with van der Waals surface area (Å²) in [7, 11) is 0. The maximum atomic E-state index is 12.7. The minimum absolute atomic E-state index is 0.0175. The van der Waals surface area contributed by atoms with Gasteiger partial charge in [0.1, 0.15) is 6.61 Å². The molecule has 2 aliphatic carbocycles. The second-order valence-corrected chi connectivity index (χ2v) is 6.91. The number of hydrogen-bond donors (Lipinski definition) is 2. The van der Waals surface area contributed by atoms with E-state index in [0.717, 1.165) is 44.1 Å². The van der Waals surface area contributed by atoms with Crippen LogP contribution in [0.3, 0.4) is 0 Å². The highest BCUT2D eigenvalue weighted by molar-refractivity contribution is 5.70. The van der Waals surface area contributed by atoms with Gasteiger partial charge in [-0.05, 0) is 31.2 Å². The molecule has 3 rings (SSSR count). The predicted octanol–water partition coefficient (Wildman–Crippen LogP) is 2.77. The molecule has 2 N–H and O–H groups in total. The summed E-state index contributed by atoms with van der Waals surface area (Å²) in [4.78, 5) is 25.5. The van der Waals surface area contributed by atoms with Crippen LogP contribution in [0.2, 0.25) is 0 Å². The zero-order chi connectivity index (χ0) is 17.6. The number of rotatable bonds is 7. The molecule has 2 atom stereocenters. The SMILES string of the molecule is O=C(O)CNC1CCCCC1N(C(=O)OCc1ccccc1)C1CC1. The van der Waals surface area contributed by atoms with Crippen LogP contribution < -0.4 is 5.32 Å². The number of aliphatic carboxylic acids is 1. The number of carbonyl (C=O) groups excluding carboxylic acids is 1. The number of nitrogens with zero attached hydrogens (tertiary/aromatic N) is 1. The van der Waals surface area contributed by atoms with Gasteiger partial charge in [-0.1, -0.05) is 43.2 Å². The molecule has 1 aromatic rings. The van der Waals surface area contributed by atoms with Gasteiger partial charge in [0.15, 0.2) is 0 Å². The lowest BCUT2D eigenvalue weighted by Crippen LogP contribution is -2.55. The number of carbonyl (C=O) groups is 2. The Morgan fingerprint density at radius 2 is 1.84 bits per heavy atom. The van der Waals surface area contributed by atoms with Crippen molar-refractivity contribution in [1.29, 1.82) is 0 Å².